The first kappa shape index (κ1) is 19.0. The van der Waals surface area contributed by atoms with E-state index >= 15 is 0 Å². The van der Waals surface area contributed by atoms with E-state index in [-0.39, 0.29) is 18.1 Å². The smallest absolute Gasteiger partial charge is 0.221 e. The summed E-state index contributed by atoms with van der Waals surface area (Å²) in [6.45, 7) is 6.96. The number of aliphatic hydroxyl groups is 1. The Bertz CT molecular complexity index is 862. The van der Waals surface area contributed by atoms with Gasteiger partial charge in [0.25, 0.3) is 0 Å². The van der Waals surface area contributed by atoms with Gasteiger partial charge < -0.3 is 16.2 Å². The summed E-state index contributed by atoms with van der Waals surface area (Å²) in [5, 5.41) is 16.9. The van der Waals surface area contributed by atoms with Gasteiger partial charge in [0, 0.05) is 38.5 Å². The van der Waals surface area contributed by atoms with Crippen LogP contribution in [0.25, 0.3) is 0 Å². The van der Waals surface area contributed by atoms with Crippen LogP contribution in [0.3, 0.4) is 0 Å². The fourth-order valence-corrected chi connectivity index (χ4v) is 3.47. The summed E-state index contributed by atoms with van der Waals surface area (Å²) in [5.41, 5.74) is 8.90. The number of nitrogens with two attached hydrogens (primary N) is 1. The lowest BCUT2D eigenvalue weighted by Crippen LogP contribution is -2.40. The van der Waals surface area contributed by atoms with Gasteiger partial charge >= 0.3 is 0 Å². The van der Waals surface area contributed by atoms with Crippen LogP contribution in [0.15, 0.2) is 35.1 Å². The molecule has 1 fully saturated rings. The van der Waals surface area contributed by atoms with Crippen LogP contribution in [0.5, 0.6) is 0 Å². The SMILES string of the molecule is CCn1ncc(N=C2C=CC(=[N+]3CCC(O)CC3C)C=C2NC(C)=O)c1N. The van der Waals surface area contributed by atoms with Crippen molar-refractivity contribution in [3.63, 3.8) is 0 Å². The Hall–Kier alpha value is -2.74. The van der Waals surface area contributed by atoms with E-state index < -0.39 is 0 Å². The second kappa shape index (κ2) is 7.87. The van der Waals surface area contributed by atoms with Gasteiger partial charge in [-0.05, 0) is 19.9 Å². The van der Waals surface area contributed by atoms with Crippen LogP contribution >= 0.6 is 0 Å². The van der Waals surface area contributed by atoms with Crippen molar-refractivity contribution in [3.05, 3.63) is 30.1 Å². The lowest BCUT2D eigenvalue weighted by molar-refractivity contribution is -0.575. The zero-order valence-corrected chi connectivity index (χ0v) is 16.0. The molecule has 2 heterocycles. The van der Waals surface area contributed by atoms with Crippen molar-refractivity contribution in [2.24, 2.45) is 4.99 Å². The third-order valence-corrected chi connectivity index (χ3v) is 4.87. The van der Waals surface area contributed by atoms with Gasteiger partial charge in [-0.1, -0.05) is 0 Å². The molecule has 3 rings (SSSR count). The normalized spacial score (nSPS) is 27.0. The number of carbonyl (C=O) groups excluding carboxylic acids is 1. The molecule has 2 aliphatic rings. The Labute approximate surface area is 158 Å². The molecule has 4 N–H and O–H groups in total. The lowest BCUT2D eigenvalue weighted by Gasteiger charge is -2.23. The van der Waals surface area contributed by atoms with Gasteiger partial charge in [-0.15, -0.1) is 0 Å². The van der Waals surface area contributed by atoms with Gasteiger partial charge in [0.15, 0.2) is 6.04 Å². The first-order valence-corrected chi connectivity index (χ1v) is 9.28. The number of amides is 1. The molecule has 0 radical (unpaired) electrons. The summed E-state index contributed by atoms with van der Waals surface area (Å²) in [6, 6.07) is 0.222. The van der Waals surface area contributed by atoms with Gasteiger partial charge in [0.2, 0.25) is 11.6 Å². The number of hydrogen-bond acceptors (Lipinski definition) is 5. The third kappa shape index (κ3) is 4.16. The molecule has 1 saturated heterocycles. The molecule has 8 nitrogen and oxygen atoms in total. The minimum absolute atomic E-state index is 0.164. The van der Waals surface area contributed by atoms with Gasteiger partial charge in [0.1, 0.15) is 18.1 Å². The van der Waals surface area contributed by atoms with Crippen molar-refractivity contribution < 1.29 is 14.5 Å². The average molecular weight is 371 g/mol. The number of piperidine rings is 1. The quantitative estimate of drug-likeness (QED) is 0.547. The van der Waals surface area contributed by atoms with Gasteiger partial charge in [-0.2, -0.15) is 5.10 Å². The highest BCUT2D eigenvalue weighted by molar-refractivity contribution is 6.21. The van der Waals surface area contributed by atoms with E-state index in [9.17, 15) is 9.90 Å². The van der Waals surface area contributed by atoms with Crippen LogP contribution in [-0.2, 0) is 11.3 Å². The van der Waals surface area contributed by atoms with Crippen LogP contribution in [-0.4, -0.2) is 55.5 Å². The molecule has 144 valence electrons. The molecule has 1 amide bonds. The van der Waals surface area contributed by atoms with Crippen LogP contribution in [0.1, 0.15) is 33.6 Å². The standard InChI is InChI=1S/C19H26N6O2/c1-4-25-19(20)18(11-21-25)23-16-6-5-14(10-17(16)22-13(3)26)24-8-7-15(27)9-12(24)2/h5-6,10-12,15,27H,4,7-9H2,1-3H3,(H2,20,21,22,26)/p+1. The Morgan fingerprint density at radius 3 is 2.93 bits per heavy atom. The number of nitrogens with zero attached hydrogens (tertiary/aromatic N) is 4. The van der Waals surface area contributed by atoms with E-state index in [1.54, 1.807) is 10.9 Å². The second-order valence-electron chi connectivity index (χ2n) is 6.95. The molecule has 0 spiro atoms. The largest absolute Gasteiger partial charge is 0.393 e. The Kier molecular flexibility index (Phi) is 5.55. The summed E-state index contributed by atoms with van der Waals surface area (Å²) in [4.78, 5) is 16.3. The average Bonchev–Trinajstić information content (AvgIpc) is 2.96. The molecule has 27 heavy (non-hydrogen) atoms. The molecule has 0 aromatic carbocycles. The Morgan fingerprint density at radius 2 is 2.30 bits per heavy atom. The van der Waals surface area contributed by atoms with Crippen molar-refractivity contribution in [1.82, 2.24) is 15.1 Å². The zero-order chi connectivity index (χ0) is 19.6. The van der Waals surface area contributed by atoms with Crippen LogP contribution in [0.2, 0.25) is 0 Å². The topological polar surface area (TPSA) is 109 Å². The summed E-state index contributed by atoms with van der Waals surface area (Å²) in [7, 11) is 0. The van der Waals surface area contributed by atoms with Crippen molar-refractivity contribution in [1.29, 1.82) is 0 Å². The first-order valence-electron chi connectivity index (χ1n) is 9.28. The van der Waals surface area contributed by atoms with Crippen LogP contribution in [0, 0.1) is 0 Å². The molecule has 0 saturated carbocycles. The Morgan fingerprint density at radius 1 is 1.52 bits per heavy atom. The van der Waals surface area contributed by atoms with Crippen molar-refractivity contribution in [2.75, 3.05) is 12.3 Å². The third-order valence-electron chi connectivity index (χ3n) is 4.87. The number of nitrogens with one attached hydrogen (secondary N) is 1. The number of anilines is 1. The lowest BCUT2D eigenvalue weighted by atomic mass is 10.00. The Balaban J connectivity index is 1.98. The molecule has 1 aromatic heterocycles. The molecule has 0 bridgehead atoms. The van der Waals surface area contributed by atoms with Crippen LogP contribution in [0.4, 0.5) is 11.5 Å². The number of allylic oxidation sites excluding steroid dienone is 3. The molecular weight excluding hydrogens is 344 g/mol. The van der Waals surface area contributed by atoms with E-state index in [1.165, 1.54) is 6.92 Å². The number of carbonyl (C=O) groups is 1. The molecule has 2 unspecified atom stereocenters. The number of aromatic nitrogens is 2. The summed E-state index contributed by atoms with van der Waals surface area (Å²) in [6.07, 6.45) is 8.62. The number of nitrogen functional groups attached to an aromatic ring is 1. The maximum absolute atomic E-state index is 11.7. The fraction of sp³-hybridized carbons (Fsp3) is 0.474. The predicted molar refractivity (Wildman–Crippen MR) is 105 cm³/mol. The van der Waals surface area contributed by atoms with Crippen molar-refractivity contribution in [2.45, 2.75) is 52.3 Å². The minimum Gasteiger partial charge on any atom is -0.393 e. The number of aliphatic imine (C=N–C) groups is 1. The van der Waals surface area contributed by atoms with E-state index in [0.717, 1.165) is 25.1 Å². The van der Waals surface area contributed by atoms with Gasteiger partial charge in [0.05, 0.1) is 23.7 Å². The molecule has 2 atom stereocenters. The number of hydrogen-bond donors (Lipinski definition) is 3. The molecule has 8 heteroatoms. The highest BCUT2D eigenvalue weighted by atomic mass is 16.3. The summed E-state index contributed by atoms with van der Waals surface area (Å²) < 4.78 is 3.91. The van der Waals surface area contributed by atoms with E-state index in [4.69, 9.17) is 5.73 Å². The maximum atomic E-state index is 11.7. The fourth-order valence-electron chi connectivity index (χ4n) is 3.47. The second-order valence-corrected chi connectivity index (χ2v) is 6.95. The van der Waals surface area contributed by atoms with E-state index in [1.807, 2.05) is 25.2 Å². The zero-order valence-electron chi connectivity index (χ0n) is 16.0. The predicted octanol–water partition coefficient (Wildman–Crippen LogP) is 1.14. The monoisotopic (exact) mass is 371 g/mol. The van der Waals surface area contributed by atoms with Crippen molar-refractivity contribution in [3.8, 4) is 0 Å². The number of rotatable bonds is 3. The minimum atomic E-state index is -0.251. The molecule has 1 aliphatic heterocycles. The molecular formula is C19H27N6O2+. The molecule has 1 aromatic rings. The number of aliphatic hydroxyl groups excluding tert-OH is 1. The summed E-state index contributed by atoms with van der Waals surface area (Å²) >= 11 is 0. The van der Waals surface area contributed by atoms with E-state index in [0.29, 0.717) is 29.5 Å². The first-order chi connectivity index (χ1) is 12.9. The maximum Gasteiger partial charge on any atom is 0.221 e. The van der Waals surface area contributed by atoms with Gasteiger partial charge in [-0.25, -0.2) is 14.2 Å². The summed E-state index contributed by atoms with van der Waals surface area (Å²) in [5.74, 6) is 0.330. The van der Waals surface area contributed by atoms with Crippen LogP contribution < -0.4 is 11.1 Å². The highest BCUT2D eigenvalue weighted by Gasteiger charge is 2.29. The highest BCUT2D eigenvalue weighted by Crippen LogP contribution is 2.23. The number of aryl methyl sites for hydroxylation is 1. The van der Waals surface area contributed by atoms with Gasteiger partial charge in [-0.3, -0.25) is 4.79 Å². The van der Waals surface area contributed by atoms with E-state index in [2.05, 4.69) is 26.9 Å². The van der Waals surface area contributed by atoms with Crippen molar-refractivity contribution >= 4 is 28.8 Å². The molecule has 1 aliphatic carbocycles.